The van der Waals surface area contributed by atoms with Gasteiger partial charge in [-0.15, -0.1) is 0 Å². The van der Waals surface area contributed by atoms with Crippen molar-refractivity contribution in [1.82, 2.24) is 3.11 Å². The standard InChI is InChI=1S/C4H8INO/c5-6-2-1-4(7)3-6/h4,7H,1-3H2/t4-/m1/s1. The van der Waals surface area contributed by atoms with Crippen molar-refractivity contribution in [3.63, 3.8) is 0 Å². The van der Waals surface area contributed by atoms with E-state index < -0.39 is 0 Å². The van der Waals surface area contributed by atoms with E-state index in [0.29, 0.717) is 0 Å². The fraction of sp³-hybridized carbons (Fsp3) is 1.00. The van der Waals surface area contributed by atoms with Gasteiger partial charge in [0.05, 0.1) is 6.10 Å². The zero-order chi connectivity index (χ0) is 5.28. The predicted molar refractivity (Wildman–Crippen MR) is 36.2 cm³/mol. The van der Waals surface area contributed by atoms with Crippen LogP contribution in [0.5, 0.6) is 0 Å². The highest BCUT2D eigenvalue weighted by Gasteiger charge is 2.16. The van der Waals surface area contributed by atoms with Gasteiger partial charge in [0.1, 0.15) is 0 Å². The third-order valence-corrected chi connectivity index (χ3v) is 1.99. The molecule has 1 aliphatic heterocycles. The van der Waals surface area contributed by atoms with Gasteiger partial charge in [0.15, 0.2) is 0 Å². The van der Waals surface area contributed by atoms with Crippen LogP contribution < -0.4 is 0 Å². The first kappa shape index (κ1) is 5.78. The third-order valence-electron chi connectivity index (χ3n) is 1.11. The summed E-state index contributed by atoms with van der Waals surface area (Å²) in [5, 5.41) is 8.85. The quantitative estimate of drug-likeness (QED) is 0.465. The van der Waals surface area contributed by atoms with Gasteiger partial charge in [-0.3, -0.25) is 0 Å². The fourth-order valence-electron chi connectivity index (χ4n) is 0.700. The van der Waals surface area contributed by atoms with E-state index in [2.05, 4.69) is 26.0 Å². The van der Waals surface area contributed by atoms with Crippen LogP contribution >= 0.6 is 22.9 Å². The average molecular weight is 213 g/mol. The predicted octanol–water partition coefficient (Wildman–Crippen LogP) is 0.403. The van der Waals surface area contributed by atoms with E-state index in [-0.39, 0.29) is 6.10 Å². The fourth-order valence-corrected chi connectivity index (χ4v) is 1.43. The molecule has 0 spiro atoms. The molecule has 1 atom stereocenters. The van der Waals surface area contributed by atoms with E-state index in [1.165, 1.54) is 0 Å². The first-order valence-electron chi connectivity index (χ1n) is 2.38. The molecule has 1 heterocycles. The van der Waals surface area contributed by atoms with Crippen molar-refractivity contribution in [3.8, 4) is 0 Å². The van der Waals surface area contributed by atoms with Crippen molar-refractivity contribution >= 4 is 22.9 Å². The molecule has 0 unspecified atom stereocenters. The Morgan fingerprint density at radius 2 is 2.43 bits per heavy atom. The highest BCUT2D eigenvalue weighted by Crippen LogP contribution is 2.11. The van der Waals surface area contributed by atoms with Gasteiger partial charge in [-0.05, 0) is 6.42 Å². The van der Waals surface area contributed by atoms with Crippen LogP contribution in [0.3, 0.4) is 0 Å². The van der Waals surface area contributed by atoms with Crippen LogP contribution in [0.2, 0.25) is 0 Å². The topological polar surface area (TPSA) is 23.5 Å². The van der Waals surface area contributed by atoms with E-state index in [0.717, 1.165) is 19.5 Å². The summed E-state index contributed by atoms with van der Waals surface area (Å²) >= 11 is 2.22. The van der Waals surface area contributed by atoms with Crippen LogP contribution in [0, 0.1) is 0 Å². The van der Waals surface area contributed by atoms with Gasteiger partial charge in [0, 0.05) is 36.0 Å². The Bertz CT molecular complexity index is 60.7. The Kier molecular flexibility index (Phi) is 1.88. The Morgan fingerprint density at radius 1 is 1.71 bits per heavy atom. The normalized spacial score (nSPS) is 34.3. The molecule has 0 radical (unpaired) electrons. The molecule has 7 heavy (non-hydrogen) atoms. The van der Waals surface area contributed by atoms with Gasteiger partial charge in [0.2, 0.25) is 0 Å². The lowest BCUT2D eigenvalue weighted by Gasteiger charge is -1.99. The van der Waals surface area contributed by atoms with Gasteiger partial charge in [-0.1, -0.05) is 0 Å². The smallest absolute Gasteiger partial charge is 0.0687 e. The second-order valence-electron chi connectivity index (χ2n) is 1.81. The molecule has 1 fully saturated rings. The van der Waals surface area contributed by atoms with E-state index in [1.54, 1.807) is 0 Å². The summed E-state index contributed by atoms with van der Waals surface area (Å²) in [7, 11) is 0. The summed E-state index contributed by atoms with van der Waals surface area (Å²) in [6, 6.07) is 0. The lowest BCUT2D eigenvalue weighted by molar-refractivity contribution is 0.192. The van der Waals surface area contributed by atoms with Crippen molar-refractivity contribution in [3.05, 3.63) is 0 Å². The minimum Gasteiger partial charge on any atom is -0.392 e. The molecule has 0 aromatic rings. The molecule has 1 saturated heterocycles. The summed E-state index contributed by atoms with van der Waals surface area (Å²) in [6.07, 6.45) is 0.889. The molecule has 0 aromatic heterocycles. The van der Waals surface area contributed by atoms with E-state index in [4.69, 9.17) is 5.11 Å². The Labute approximate surface area is 57.0 Å². The van der Waals surface area contributed by atoms with Gasteiger partial charge < -0.3 is 5.11 Å². The average Bonchev–Trinajstić information content (AvgIpc) is 1.87. The monoisotopic (exact) mass is 213 g/mol. The number of rotatable bonds is 0. The maximum atomic E-state index is 8.85. The lowest BCUT2D eigenvalue weighted by Crippen LogP contribution is -2.09. The van der Waals surface area contributed by atoms with E-state index in [9.17, 15) is 0 Å². The van der Waals surface area contributed by atoms with Crippen LogP contribution in [0.25, 0.3) is 0 Å². The molecular weight excluding hydrogens is 205 g/mol. The van der Waals surface area contributed by atoms with Crippen LogP contribution in [0.4, 0.5) is 0 Å². The number of aliphatic hydroxyl groups is 1. The van der Waals surface area contributed by atoms with Crippen LogP contribution in [-0.4, -0.2) is 27.4 Å². The molecule has 2 nitrogen and oxygen atoms in total. The maximum absolute atomic E-state index is 8.85. The number of β-amino-alcohol motifs (C(OH)–C–C–N with tert-alkyl or cyclic N) is 1. The molecular formula is C4H8INO. The number of nitrogens with zero attached hydrogens (tertiary/aromatic N) is 1. The lowest BCUT2D eigenvalue weighted by atomic mass is 10.3. The molecule has 3 heteroatoms. The van der Waals surface area contributed by atoms with Crippen molar-refractivity contribution in [1.29, 1.82) is 0 Å². The molecule has 1 aliphatic rings. The molecule has 1 N–H and O–H groups in total. The summed E-state index contributed by atoms with van der Waals surface area (Å²) < 4.78 is 2.10. The molecule has 0 bridgehead atoms. The molecule has 0 aromatic carbocycles. The second kappa shape index (κ2) is 2.28. The van der Waals surface area contributed by atoms with Crippen molar-refractivity contribution in [2.24, 2.45) is 0 Å². The summed E-state index contributed by atoms with van der Waals surface area (Å²) in [6.45, 7) is 1.89. The SMILES string of the molecule is O[C@@H]1CCN(I)C1. The zero-order valence-corrected chi connectivity index (χ0v) is 6.13. The number of halogens is 1. The molecule has 0 saturated carbocycles. The first-order valence-corrected chi connectivity index (χ1v) is 3.34. The minimum absolute atomic E-state index is 0.0584. The second-order valence-corrected chi connectivity index (χ2v) is 3.18. The van der Waals surface area contributed by atoms with Gasteiger partial charge in [-0.2, -0.15) is 0 Å². The highest BCUT2D eigenvalue weighted by molar-refractivity contribution is 14.1. The van der Waals surface area contributed by atoms with Crippen LogP contribution in [0.15, 0.2) is 0 Å². The largest absolute Gasteiger partial charge is 0.392 e. The highest BCUT2D eigenvalue weighted by atomic mass is 127. The minimum atomic E-state index is -0.0584. The third kappa shape index (κ3) is 1.54. The van der Waals surface area contributed by atoms with Crippen molar-refractivity contribution in [2.45, 2.75) is 12.5 Å². The first-order chi connectivity index (χ1) is 3.29. The maximum Gasteiger partial charge on any atom is 0.0687 e. The summed E-state index contributed by atoms with van der Waals surface area (Å²) in [5.41, 5.74) is 0. The Morgan fingerprint density at radius 3 is 2.57 bits per heavy atom. The molecule has 42 valence electrons. The molecule has 0 amide bonds. The van der Waals surface area contributed by atoms with Gasteiger partial charge >= 0.3 is 0 Å². The summed E-state index contributed by atoms with van der Waals surface area (Å²) in [5.74, 6) is 0. The van der Waals surface area contributed by atoms with Crippen LogP contribution in [-0.2, 0) is 0 Å². The van der Waals surface area contributed by atoms with E-state index >= 15 is 0 Å². The number of hydrogen-bond acceptors (Lipinski definition) is 2. The van der Waals surface area contributed by atoms with Gasteiger partial charge in [-0.25, -0.2) is 3.11 Å². The number of aliphatic hydroxyl groups excluding tert-OH is 1. The Hall–Kier alpha value is 0.650. The van der Waals surface area contributed by atoms with Gasteiger partial charge in [0.25, 0.3) is 0 Å². The molecule has 1 rings (SSSR count). The van der Waals surface area contributed by atoms with Crippen LogP contribution in [0.1, 0.15) is 6.42 Å². The van der Waals surface area contributed by atoms with Crippen molar-refractivity contribution in [2.75, 3.05) is 13.1 Å². The zero-order valence-electron chi connectivity index (χ0n) is 3.97. The van der Waals surface area contributed by atoms with E-state index in [1.807, 2.05) is 0 Å². The Balaban J connectivity index is 2.26. The number of hydrogen-bond donors (Lipinski definition) is 1. The summed E-state index contributed by atoms with van der Waals surface area (Å²) in [4.78, 5) is 0. The van der Waals surface area contributed by atoms with Crippen molar-refractivity contribution < 1.29 is 5.11 Å². The molecule has 0 aliphatic carbocycles.